The molecule has 2 aliphatic carbocycles. The van der Waals surface area contributed by atoms with E-state index in [9.17, 15) is 0 Å². The van der Waals surface area contributed by atoms with Crippen LogP contribution in [0.4, 0.5) is 0 Å². The van der Waals surface area contributed by atoms with Gasteiger partial charge >= 0.3 is 0 Å². The number of benzene rings is 8. The third-order valence-corrected chi connectivity index (χ3v) is 12.2. The van der Waals surface area contributed by atoms with Crippen molar-refractivity contribution in [1.82, 2.24) is 15.0 Å². The maximum absolute atomic E-state index is 5.29. The second-order valence-electron chi connectivity index (χ2n) is 15.6. The summed E-state index contributed by atoms with van der Waals surface area (Å²) in [6, 6.07) is 67.9. The van der Waals surface area contributed by atoms with Crippen LogP contribution in [0.15, 0.2) is 188 Å². The van der Waals surface area contributed by atoms with Crippen LogP contribution in [0.25, 0.3) is 67.2 Å². The summed E-state index contributed by atoms with van der Waals surface area (Å²) in [5.41, 5.74) is 14.8. The van der Waals surface area contributed by atoms with Crippen molar-refractivity contribution >= 4 is 10.8 Å². The van der Waals surface area contributed by atoms with Crippen LogP contribution in [0.3, 0.4) is 0 Å². The van der Waals surface area contributed by atoms with E-state index in [-0.39, 0.29) is 5.41 Å². The van der Waals surface area contributed by atoms with Gasteiger partial charge in [-0.1, -0.05) is 190 Å². The zero-order chi connectivity index (χ0) is 37.4. The molecule has 0 N–H and O–H groups in total. The molecule has 3 heteroatoms. The number of fused-ring (bicyclic) bond motifs is 10. The molecule has 8 aromatic carbocycles. The Balaban J connectivity index is 1.25. The highest BCUT2D eigenvalue weighted by molar-refractivity contribution is 5.98. The first-order valence-electron chi connectivity index (χ1n) is 19.4. The Morgan fingerprint density at radius 3 is 1.46 bits per heavy atom. The molecule has 11 rings (SSSR count). The molecule has 3 nitrogen and oxygen atoms in total. The molecule has 264 valence electrons. The number of nitrogens with zero attached hydrogens (tertiary/aromatic N) is 3. The van der Waals surface area contributed by atoms with Crippen LogP contribution in [0.5, 0.6) is 0 Å². The molecule has 9 aromatic rings. The normalized spacial score (nSPS) is 14.2. The molecule has 0 amide bonds. The van der Waals surface area contributed by atoms with Gasteiger partial charge in [-0.05, 0) is 78.5 Å². The first-order chi connectivity index (χ1) is 27.5. The second kappa shape index (κ2) is 12.3. The maximum Gasteiger partial charge on any atom is 0.164 e. The highest BCUT2D eigenvalue weighted by Gasteiger charge is 2.53. The summed E-state index contributed by atoms with van der Waals surface area (Å²) in [4.78, 5) is 15.6. The second-order valence-corrected chi connectivity index (χ2v) is 15.6. The Kier molecular flexibility index (Phi) is 7.11. The van der Waals surface area contributed by atoms with E-state index >= 15 is 0 Å². The summed E-state index contributed by atoms with van der Waals surface area (Å²) < 4.78 is 0. The summed E-state index contributed by atoms with van der Waals surface area (Å²) in [5.74, 6) is 1.96. The van der Waals surface area contributed by atoms with Crippen LogP contribution in [0.2, 0.25) is 0 Å². The standard InChI is InChI=1S/C53H37N3/c1-52(2)43-23-11-13-25-45(43)53(46-26-14-12-24-44(46)52)42-31-30-39(38-29-28-34-16-9-10-21-37(34)32-38)33-41(42)48-40(22-15-27-47(48)53)51-55-49(35-17-5-3-6-18-35)54-50(56-51)36-19-7-4-8-20-36/h3-33H,1-2H3. The van der Waals surface area contributed by atoms with Crippen LogP contribution < -0.4 is 0 Å². The highest BCUT2D eigenvalue weighted by Crippen LogP contribution is 2.63. The topological polar surface area (TPSA) is 38.7 Å². The number of hydrogen-bond donors (Lipinski definition) is 0. The third kappa shape index (κ3) is 4.67. The van der Waals surface area contributed by atoms with Crippen molar-refractivity contribution in [2.24, 2.45) is 0 Å². The van der Waals surface area contributed by atoms with Gasteiger partial charge < -0.3 is 0 Å². The Morgan fingerprint density at radius 2 is 0.821 bits per heavy atom. The molecule has 0 unspecified atom stereocenters. The predicted molar refractivity (Wildman–Crippen MR) is 229 cm³/mol. The lowest BCUT2D eigenvalue weighted by Gasteiger charge is -2.46. The van der Waals surface area contributed by atoms with E-state index in [0.29, 0.717) is 17.5 Å². The van der Waals surface area contributed by atoms with Gasteiger partial charge in [0, 0.05) is 22.1 Å². The van der Waals surface area contributed by atoms with Gasteiger partial charge in [0.2, 0.25) is 0 Å². The molecule has 0 aliphatic heterocycles. The van der Waals surface area contributed by atoms with E-state index in [1.54, 1.807) is 0 Å². The van der Waals surface area contributed by atoms with Crippen molar-refractivity contribution in [2.45, 2.75) is 24.7 Å². The predicted octanol–water partition coefficient (Wildman–Crippen LogP) is 12.7. The van der Waals surface area contributed by atoms with Crippen molar-refractivity contribution in [3.05, 3.63) is 221 Å². The molecular formula is C53H37N3. The molecule has 1 aromatic heterocycles. The lowest BCUT2D eigenvalue weighted by molar-refractivity contribution is 0.563. The van der Waals surface area contributed by atoms with Gasteiger partial charge in [-0.15, -0.1) is 0 Å². The molecule has 0 fully saturated rings. The monoisotopic (exact) mass is 715 g/mol. The summed E-state index contributed by atoms with van der Waals surface area (Å²) >= 11 is 0. The Labute approximate surface area is 327 Å². The summed E-state index contributed by atoms with van der Waals surface area (Å²) in [7, 11) is 0. The molecule has 0 bridgehead atoms. The zero-order valence-electron chi connectivity index (χ0n) is 31.2. The molecule has 2 aliphatic rings. The largest absolute Gasteiger partial charge is 0.208 e. The molecule has 56 heavy (non-hydrogen) atoms. The van der Waals surface area contributed by atoms with Crippen molar-refractivity contribution in [3.8, 4) is 56.4 Å². The first kappa shape index (κ1) is 32.5. The molecule has 0 radical (unpaired) electrons. The van der Waals surface area contributed by atoms with E-state index in [2.05, 4.69) is 166 Å². The first-order valence-corrected chi connectivity index (χ1v) is 19.4. The minimum absolute atomic E-state index is 0.187. The Hall–Kier alpha value is -6.97. The molecule has 0 saturated carbocycles. The van der Waals surface area contributed by atoms with Crippen molar-refractivity contribution < 1.29 is 0 Å². The molecule has 0 saturated heterocycles. The number of hydrogen-bond acceptors (Lipinski definition) is 3. The fourth-order valence-electron chi connectivity index (χ4n) is 9.62. The van der Waals surface area contributed by atoms with Crippen LogP contribution in [-0.2, 0) is 10.8 Å². The lowest BCUT2D eigenvalue weighted by atomic mass is 9.55. The van der Waals surface area contributed by atoms with Gasteiger partial charge in [-0.2, -0.15) is 0 Å². The molecule has 1 heterocycles. The fraction of sp³-hybridized carbons (Fsp3) is 0.0755. The van der Waals surface area contributed by atoms with Gasteiger partial charge in [0.15, 0.2) is 17.5 Å². The summed E-state index contributed by atoms with van der Waals surface area (Å²) in [6.45, 7) is 4.74. The Bertz CT molecular complexity index is 2890. The van der Waals surface area contributed by atoms with E-state index in [1.165, 1.54) is 66.4 Å². The summed E-state index contributed by atoms with van der Waals surface area (Å²) in [5, 5.41) is 2.47. The number of aromatic nitrogens is 3. The minimum Gasteiger partial charge on any atom is -0.208 e. The average molecular weight is 716 g/mol. The van der Waals surface area contributed by atoms with Gasteiger partial charge in [0.05, 0.1) is 5.41 Å². The van der Waals surface area contributed by atoms with E-state index < -0.39 is 5.41 Å². The van der Waals surface area contributed by atoms with Crippen molar-refractivity contribution in [3.63, 3.8) is 0 Å². The smallest absolute Gasteiger partial charge is 0.164 e. The van der Waals surface area contributed by atoms with Gasteiger partial charge in [-0.3, -0.25) is 0 Å². The molecule has 0 atom stereocenters. The van der Waals surface area contributed by atoms with Crippen molar-refractivity contribution in [1.29, 1.82) is 0 Å². The lowest BCUT2D eigenvalue weighted by Crippen LogP contribution is -2.40. The van der Waals surface area contributed by atoms with Crippen LogP contribution in [0, 0.1) is 0 Å². The third-order valence-electron chi connectivity index (χ3n) is 12.2. The molecule has 1 spiro atoms. The van der Waals surface area contributed by atoms with E-state index in [4.69, 9.17) is 15.0 Å². The van der Waals surface area contributed by atoms with Gasteiger partial charge in [0.25, 0.3) is 0 Å². The van der Waals surface area contributed by atoms with E-state index in [0.717, 1.165) is 16.7 Å². The Morgan fingerprint density at radius 1 is 0.321 bits per heavy atom. The average Bonchev–Trinajstić information content (AvgIpc) is 3.56. The summed E-state index contributed by atoms with van der Waals surface area (Å²) in [6.07, 6.45) is 0. The van der Waals surface area contributed by atoms with Crippen LogP contribution in [-0.4, -0.2) is 15.0 Å². The zero-order valence-corrected chi connectivity index (χ0v) is 31.2. The van der Waals surface area contributed by atoms with Crippen LogP contribution in [0.1, 0.15) is 47.2 Å². The van der Waals surface area contributed by atoms with Crippen molar-refractivity contribution in [2.75, 3.05) is 0 Å². The van der Waals surface area contributed by atoms with E-state index in [1.807, 2.05) is 36.4 Å². The van der Waals surface area contributed by atoms with Gasteiger partial charge in [0.1, 0.15) is 0 Å². The quantitative estimate of drug-likeness (QED) is 0.182. The minimum atomic E-state index is -0.553. The number of rotatable bonds is 4. The maximum atomic E-state index is 5.29. The van der Waals surface area contributed by atoms with Gasteiger partial charge in [-0.25, -0.2) is 15.0 Å². The van der Waals surface area contributed by atoms with Crippen LogP contribution >= 0.6 is 0 Å². The molecular weight excluding hydrogens is 679 g/mol. The highest BCUT2D eigenvalue weighted by atomic mass is 15.0. The fourth-order valence-corrected chi connectivity index (χ4v) is 9.62. The SMILES string of the molecule is CC1(C)c2ccccc2C2(c3ccc(-c4ccc5ccccc5c4)cc3-c3c(-c4nc(-c5ccccc5)nc(-c5ccccc5)n4)cccc32)c2ccccc21.